The number of benzene rings is 1. The van der Waals surface area contributed by atoms with Gasteiger partial charge in [-0.3, -0.25) is 14.7 Å². The van der Waals surface area contributed by atoms with Gasteiger partial charge in [0.15, 0.2) is 0 Å². The fourth-order valence-electron chi connectivity index (χ4n) is 3.78. The van der Waals surface area contributed by atoms with Gasteiger partial charge < -0.3 is 4.90 Å². The van der Waals surface area contributed by atoms with E-state index in [4.69, 9.17) is 0 Å². The molecule has 2 aromatic rings. The van der Waals surface area contributed by atoms with Crippen LogP contribution in [0.5, 0.6) is 0 Å². The summed E-state index contributed by atoms with van der Waals surface area (Å²) >= 11 is 3.26. The zero-order valence-electron chi connectivity index (χ0n) is 13.2. The zero-order valence-corrected chi connectivity index (χ0v) is 14.8. The van der Waals surface area contributed by atoms with E-state index in [9.17, 15) is 9.18 Å². The number of anilines is 1. The van der Waals surface area contributed by atoms with Gasteiger partial charge in [-0.15, -0.1) is 0 Å². The topological polar surface area (TPSA) is 36.4 Å². The smallest absolute Gasteiger partial charge is 0.240 e. The summed E-state index contributed by atoms with van der Waals surface area (Å²) in [6.45, 7) is 5.67. The van der Waals surface area contributed by atoms with Crippen LogP contribution in [0.25, 0.3) is 10.9 Å². The summed E-state index contributed by atoms with van der Waals surface area (Å²) < 4.78 is 14.2. The molecule has 1 aromatic carbocycles. The van der Waals surface area contributed by atoms with Crippen LogP contribution in [0.4, 0.5) is 10.1 Å². The molecular weight excluding hydrogens is 361 g/mol. The second-order valence-electron chi connectivity index (χ2n) is 6.75. The molecular formula is C17H17BrFN3O. The molecule has 4 nitrogen and oxygen atoms in total. The number of hydrogen-bond donors (Lipinski definition) is 0. The quantitative estimate of drug-likeness (QED) is 0.766. The van der Waals surface area contributed by atoms with Crippen LogP contribution >= 0.6 is 15.9 Å². The minimum atomic E-state index is -0.521. The molecule has 2 aliphatic rings. The largest absolute Gasteiger partial charge is 0.313 e. The molecule has 6 heteroatoms. The van der Waals surface area contributed by atoms with E-state index < -0.39 is 5.41 Å². The number of rotatable bonds is 1. The number of hydrogen-bond acceptors (Lipinski definition) is 3. The maximum Gasteiger partial charge on any atom is 0.240 e. The predicted molar refractivity (Wildman–Crippen MR) is 91.2 cm³/mol. The summed E-state index contributed by atoms with van der Waals surface area (Å²) in [5, 5.41) is 0.858. The third-order valence-corrected chi connectivity index (χ3v) is 5.73. The lowest BCUT2D eigenvalue weighted by atomic mass is 9.73. The fraction of sp³-hybridized carbons (Fsp3) is 0.412. The lowest BCUT2D eigenvalue weighted by Gasteiger charge is -2.49. The Hall–Kier alpha value is -1.53. The summed E-state index contributed by atoms with van der Waals surface area (Å²) in [5.41, 5.74) is 1.90. The Labute approximate surface area is 142 Å². The van der Waals surface area contributed by atoms with Gasteiger partial charge in [0.25, 0.3) is 0 Å². The van der Waals surface area contributed by atoms with E-state index in [2.05, 4.69) is 39.7 Å². The first-order valence-corrected chi connectivity index (χ1v) is 8.45. The maximum atomic E-state index is 13.8. The minimum Gasteiger partial charge on any atom is -0.313 e. The SMILES string of the molecule is CC(C)N1CC2(C1)C(=O)N(C)c1cnc3cc(F)c(Br)cc3c12. The van der Waals surface area contributed by atoms with Crippen LogP contribution in [0, 0.1) is 5.82 Å². The van der Waals surface area contributed by atoms with Crippen LogP contribution in [0.2, 0.25) is 0 Å². The highest BCUT2D eigenvalue weighted by Gasteiger charge is 2.58. The second-order valence-corrected chi connectivity index (χ2v) is 7.60. The molecule has 0 bridgehead atoms. The van der Waals surface area contributed by atoms with Gasteiger partial charge in [-0.1, -0.05) is 0 Å². The standard InChI is InChI=1S/C17H17BrFN3O/c1-9(2)22-7-17(8-22)15-10-4-11(18)12(19)5-13(10)20-6-14(15)21(3)16(17)23/h4-6,9H,7-8H2,1-3H3. The van der Waals surface area contributed by atoms with Crippen molar-refractivity contribution in [3.8, 4) is 0 Å². The van der Waals surface area contributed by atoms with Gasteiger partial charge in [-0.2, -0.15) is 0 Å². The average molecular weight is 378 g/mol. The van der Waals surface area contributed by atoms with E-state index in [-0.39, 0.29) is 11.7 Å². The highest BCUT2D eigenvalue weighted by atomic mass is 79.9. The molecule has 2 aliphatic heterocycles. The van der Waals surface area contributed by atoms with E-state index >= 15 is 0 Å². The Bertz CT molecular complexity index is 845. The monoisotopic (exact) mass is 377 g/mol. The van der Waals surface area contributed by atoms with Gasteiger partial charge in [-0.05, 0) is 35.8 Å². The van der Waals surface area contributed by atoms with Crippen LogP contribution < -0.4 is 4.90 Å². The van der Waals surface area contributed by atoms with E-state index in [0.717, 1.165) is 16.6 Å². The molecule has 3 heterocycles. The van der Waals surface area contributed by atoms with E-state index in [1.807, 2.05) is 0 Å². The van der Waals surface area contributed by atoms with Gasteiger partial charge >= 0.3 is 0 Å². The van der Waals surface area contributed by atoms with Crippen LogP contribution in [0.1, 0.15) is 19.4 Å². The highest BCUT2D eigenvalue weighted by molar-refractivity contribution is 9.10. The molecule has 0 atom stereocenters. The van der Waals surface area contributed by atoms with E-state index in [1.165, 1.54) is 6.07 Å². The molecule has 1 aromatic heterocycles. The van der Waals surface area contributed by atoms with Crippen LogP contribution in [0.15, 0.2) is 22.8 Å². The van der Waals surface area contributed by atoms with Crippen molar-refractivity contribution in [1.29, 1.82) is 0 Å². The van der Waals surface area contributed by atoms with Gasteiger partial charge in [0, 0.05) is 43.2 Å². The van der Waals surface area contributed by atoms with Gasteiger partial charge in [0.05, 0.1) is 21.9 Å². The normalized spacial score (nSPS) is 19.7. The molecule has 0 radical (unpaired) electrons. The molecule has 1 fully saturated rings. The highest BCUT2D eigenvalue weighted by Crippen LogP contribution is 2.50. The lowest BCUT2D eigenvalue weighted by molar-refractivity contribution is -0.130. The molecule has 0 unspecified atom stereocenters. The first-order valence-electron chi connectivity index (χ1n) is 7.65. The molecule has 4 rings (SSSR count). The number of carbonyl (C=O) groups excluding carboxylic acids is 1. The fourth-order valence-corrected chi connectivity index (χ4v) is 4.12. The predicted octanol–water partition coefficient (Wildman–Crippen LogP) is 3.07. The Balaban J connectivity index is 1.96. The zero-order chi connectivity index (χ0) is 16.5. The van der Waals surface area contributed by atoms with Crippen molar-refractivity contribution in [2.24, 2.45) is 0 Å². The third kappa shape index (κ3) is 1.85. The summed E-state index contributed by atoms with van der Waals surface area (Å²) in [4.78, 5) is 21.2. The van der Waals surface area contributed by atoms with Gasteiger partial charge in [0.1, 0.15) is 11.2 Å². The molecule has 1 spiro atoms. The van der Waals surface area contributed by atoms with Crippen LogP contribution in [-0.2, 0) is 10.2 Å². The second kappa shape index (κ2) is 4.74. The van der Waals surface area contributed by atoms with Crippen molar-refractivity contribution in [3.63, 3.8) is 0 Å². The number of halogens is 2. The number of fused-ring (bicyclic) bond motifs is 4. The van der Waals surface area contributed by atoms with Crippen molar-refractivity contribution in [2.75, 3.05) is 25.0 Å². The number of carbonyl (C=O) groups is 1. The molecule has 0 saturated carbocycles. The van der Waals surface area contributed by atoms with Crippen molar-refractivity contribution in [2.45, 2.75) is 25.3 Å². The summed E-state index contributed by atoms with van der Waals surface area (Å²) in [6.07, 6.45) is 1.69. The van der Waals surface area contributed by atoms with Gasteiger partial charge in [0.2, 0.25) is 5.91 Å². The van der Waals surface area contributed by atoms with Crippen LogP contribution in [0.3, 0.4) is 0 Å². The van der Waals surface area contributed by atoms with Crippen LogP contribution in [-0.4, -0.2) is 42.0 Å². The van der Waals surface area contributed by atoms with E-state index in [1.54, 1.807) is 24.2 Å². The van der Waals surface area contributed by atoms with Crippen molar-refractivity contribution < 1.29 is 9.18 Å². The number of pyridine rings is 1. The molecule has 0 N–H and O–H groups in total. The minimum absolute atomic E-state index is 0.110. The number of nitrogens with zero attached hydrogens (tertiary/aromatic N) is 3. The average Bonchev–Trinajstić information content (AvgIpc) is 2.68. The molecule has 120 valence electrons. The molecule has 1 saturated heterocycles. The maximum absolute atomic E-state index is 13.8. The van der Waals surface area contributed by atoms with Crippen molar-refractivity contribution in [3.05, 3.63) is 34.2 Å². The molecule has 0 aliphatic carbocycles. The summed E-state index contributed by atoms with van der Waals surface area (Å²) in [7, 11) is 1.79. The molecule has 1 amide bonds. The number of amides is 1. The number of likely N-dealkylation sites (N-methyl/N-ethyl adjacent to an activating group) is 1. The number of aromatic nitrogens is 1. The van der Waals surface area contributed by atoms with Crippen molar-refractivity contribution >= 4 is 38.4 Å². The Kier molecular flexibility index (Phi) is 3.09. The lowest BCUT2D eigenvalue weighted by Crippen LogP contribution is -2.65. The Morgan fingerprint density at radius 3 is 2.70 bits per heavy atom. The Morgan fingerprint density at radius 2 is 2.04 bits per heavy atom. The van der Waals surface area contributed by atoms with Crippen molar-refractivity contribution in [1.82, 2.24) is 9.88 Å². The molecule has 23 heavy (non-hydrogen) atoms. The summed E-state index contributed by atoms with van der Waals surface area (Å²) in [6, 6.07) is 3.58. The first kappa shape index (κ1) is 15.0. The summed E-state index contributed by atoms with van der Waals surface area (Å²) in [5.74, 6) is -0.228. The first-order chi connectivity index (χ1) is 10.8. The van der Waals surface area contributed by atoms with Gasteiger partial charge in [-0.25, -0.2) is 4.39 Å². The van der Waals surface area contributed by atoms with E-state index in [0.29, 0.717) is 29.1 Å². The Morgan fingerprint density at radius 1 is 1.35 bits per heavy atom. The number of likely N-dealkylation sites (tertiary alicyclic amines) is 1. The third-order valence-electron chi connectivity index (χ3n) is 5.12.